The fourth-order valence-corrected chi connectivity index (χ4v) is 2.24. The standard InChI is InChI=1S/C14H20N4O2/c1-5-18-13-12(10(3)17-18)11(8-9(2)16-13)14(19)15-6-7-20-4/h8H,5-7H2,1-4H3,(H,15,19). The Kier molecular flexibility index (Phi) is 4.34. The van der Waals surface area contributed by atoms with Crippen LogP contribution in [0.1, 0.15) is 28.7 Å². The molecule has 0 aliphatic rings. The molecular formula is C14H20N4O2. The molecule has 0 aliphatic heterocycles. The zero-order valence-electron chi connectivity index (χ0n) is 12.4. The molecule has 2 aromatic rings. The SMILES string of the molecule is CCn1nc(C)c2c(C(=O)NCCOC)cc(C)nc21. The van der Waals surface area contributed by atoms with E-state index in [0.29, 0.717) is 18.7 Å². The number of nitrogens with zero attached hydrogens (tertiary/aromatic N) is 3. The highest BCUT2D eigenvalue weighted by atomic mass is 16.5. The molecule has 0 fully saturated rings. The van der Waals surface area contributed by atoms with Crippen LogP contribution in [-0.4, -0.2) is 40.9 Å². The van der Waals surface area contributed by atoms with Crippen LogP contribution in [0.3, 0.4) is 0 Å². The summed E-state index contributed by atoms with van der Waals surface area (Å²) in [6.07, 6.45) is 0. The fourth-order valence-electron chi connectivity index (χ4n) is 2.24. The number of rotatable bonds is 5. The first-order valence-electron chi connectivity index (χ1n) is 6.70. The smallest absolute Gasteiger partial charge is 0.252 e. The number of nitrogens with one attached hydrogen (secondary N) is 1. The van der Waals surface area contributed by atoms with Crippen LogP contribution in [0.15, 0.2) is 6.07 Å². The minimum atomic E-state index is -0.115. The summed E-state index contributed by atoms with van der Waals surface area (Å²) in [5.74, 6) is -0.115. The van der Waals surface area contributed by atoms with Crippen molar-refractivity contribution in [3.63, 3.8) is 0 Å². The van der Waals surface area contributed by atoms with Gasteiger partial charge in [0, 0.05) is 25.9 Å². The maximum atomic E-state index is 12.3. The number of aryl methyl sites for hydroxylation is 3. The third-order valence-corrected chi connectivity index (χ3v) is 3.14. The van der Waals surface area contributed by atoms with E-state index in [0.717, 1.165) is 29.0 Å². The average molecular weight is 276 g/mol. The second kappa shape index (κ2) is 6.00. The number of hydrogen-bond acceptors (Lipinski definition) is 4. The van der Waals surface area contributed by atoms with E-state index in [1.807, 2.05) is 25.5 Å². The number of ether oxygens (including phenoxy) is 1. The average Bonchev–Trinajstić information content (AvgIpc) is 2.74. The second-order valence-electron chi connectivity index (χ2n) is 4.66. The number of methoxy groups -OCH3 is 1. The van der Waals surface area contributed by atoms with Crippen molar-refractivity contribution in [1.29, 1.82) is 0 Å². The highest BCUT2D eigenvalue weighted by molar-refractivity contribution is 6.06. The molecule has 0 spiro atoms. The van der Waals surface area contributed by atoms with Crippen molar-refractivity contribution in [1.82, 2.24) is 20.1 Å². The molecule has 0 aromatic carbocycles. The highest BCUT2D eigenvalue weighted by Gasteiger charge is 2.17. The van der Waals surface area contributed by atoms with Gasteiger partial charge in [-0.15, -0.1) is 0 Å². The highest BCUT2D eigenvalue weighted by Crippen LogP contribution is 2.22. The van der Waals surface area contributed by atoms with Crippen molar-refractivity contribution >= 4 is 16.9 Å². The van der Waals surface area contributed by atoms with Crippen LogP contribution >= 0.6 is 0 Å². The zero-order chi connectivity index (χ0) is 14.7. The van der Waals surface area contributed by atoms with Crippen LogP contribution in [0.25, 0.3) is 11.0 Å². The van der Waals surface area contributed by atoms with E-state index in [-0.39, 0.29) is 5.91 Å². The van der Waals surface area contributed by atoms with Gasteiger partial charge in [0.1, 0.15) is 0 Å². The maximum Gasteiger partial charge on any atom is 0.252 e. The van der Waals surface area contributed by atoms with Crippen molar-refractivity contribution in [3.8, 4) is 0 Å². The molecule has 2 rings (SSSR count). The Morgan fingerprint density at radius 3 is 2.85 bits per heavy atom. The number of hydrogen-bond donors (Lipinski definition) is 1. The van der Waals surface area contributed by atoms with Crippen LogP contribution in [-0.2, 0) is 11.3 Å². The molecule has 6 nitrogen and oxygen atoms in total. The first-order valence-corrected chi connectivity index (χ1v) is 6.70. The molecule has 0 radical (unpaired) electrons. The van der Waals surface area contributed by atoms with E-state index in [2.05, 4.69) is 15.4 Å². The number of amides is 1. The van der Waals surface area contributed by atoms with E-state index >= 15 is 0 Å². The Balaban J connectivity index is 2.47. The third kappa shape index (κ3) is 2.65. The molecule has 0 saturated carbocycles. The lowest BCUT2D eigenvalue weighted by Crippen LogP contribution is -2.27. The lowest BCUT2D eigenvalue weighted by Gasteiger charge is -2.07. The van der Waals surface area contributed by atoms with Gasteiger partial charge in [0.2, 0.25) is 0 Å². The lowest BCUT2D eigenvalue weighted by molar-refractivity contribution is 0.0938. The second-order valence-corrected chi connectivity index (χ2v) is 4.66. The lowest BCUT2D eigenvalue weighted by atomic mass is 10.1. The topological polar surface area (TPSA) is 69.0 Å². The van der Waals surface area contributed by atoms with E-state index in [1.165, 1.54) is 0 Å². The van der Waals surface area contributed by atoms with Crippen molar-refractivity contribution in [2.75, 3.05) is 20.3 Å². The Bertz CT molecular complexity index is 634. The number of fused-ring (bicyclic) bond motifs is 1. The van der Waals surface area contributed by atoms with Gasteiger partial charge in [0.05, 0.1) is 23.3 Å². The van der Waals surface area contributed by atoms with E-state index in [1.54, 1.807) is 13.2 Å². The van der Waals surface area contributed by atoms with E-state index in [9.17, 15) is 4.79 Å². The summed E-state index contributed by atoms with van der Waals surface area (Å²) < 4.78 is 6.76. The van der Waals surface area contributed by atoms with Gasteiger partial charge in [-0.1, -0.05) is 0 Å². The molecule has 0 saturated heterocycles. The Labute approximate surface area is 118 Å². The Hall–Kier alpha value is -1.95. The Morgan fingerprint density at radius 1 is 1.45 bits per heavy atom. The summed E-state index contributed by atoms with van der Waals surface area (Å²) in [7, 11) is 1.61. The normalized spacial score (nSPS) is 11.0. The summed E-state index contributed by atoms with van der Waals surface area (Å²) in [6, 6.07) is 1.80. The molecular weight excluding hydrogens is 256 g/mol. The number of aromatic nitrogens is 3. The zero-order valence-corrected chi connectivity index (χ0v) is 12.4. The van der Waals surface area contributed by atoms with Gasteiger partial charge in [-0.05, 0) is 26.8 Å². The molecule has 20 heavy (non-hydrogen) atoms. The molecule has 6 heteroatoms. The predicted octanol–water partition coefficient (Wildman–Crippen LogP) is 1.44. The van der Waals surface area contributed by atoms with Crippen molar-refractivity contribution < 1.29 is 9.53 Å². The van der Waals surface area contributed by atoms with Gasteiger partial charge in [-0.2, -0.15) is 5.10 Å². The first kappa shape index (κ1) is 14.5. The molecule has 2 aromatic heterocycles. The Morgan fingerprint density at radius 2 is 2.20 bits per heavy atom. The monoisotopic (exact) mass is 276 g/mol. The van der Waals surface area contributed by atoms with Gasteiger partial charge in [-0.3, -0.25) is 4.79 Å². The van der Waals surface area contributed by atoms with Gasteiger partial charge >= 0.3 is 0 Å². The molecule has 1 amide bonds. The van der Waals surface area contributed by atoms with Crippen molar-refractivity contribution in [3.05, 3.63) is 23.0 Å². The summed E-state index contributed by atoms with van der Waals surface area (Å²) in [5, 5.41) is 8.11. The first-order chi connectivity index (χ1) is 9.58. The molecule has 0 aliphatic carbocycles. The number of pyridine rings is 1. The number of carbonyl (C=O) groups excluding carboxylic acids is 1. The van der Waals surface area contributed by atoms with Crippen LogP contribution in [0, 0.1) is 13.8 Å². The molecule has 0 unspecified atom stereocenters. The van der Waals surface area contributed by atoms with E-state index in [4.69, 9.17) is 4.74 Å². The van der Waals surface area contributed by atoms with Gasteiger partial charge in [0.25, 0.3) is 5.91 Å². The fraction of sp³-hybridized carbons (Fsp3) is 0.500. The molecule has 0 bridgehead atoms. The van der Waals surface area contributed by atoms with Gasteiger partial charge in [0.15, 0.2) is 5.65 Å². The summed E-state index contributed by atoms with van der Waals surface area (Å²) in [6.45, 7) is 7.50. The molecule has 1 N–H and O–H groups in total. The maximum absolute atomic E-state index is 12.3. The van der Waals surface area contributed by atoms with Crippen LogP contribution in [0.2, 0.25) is 0 Å². The summed E-state index contributed by atoms with van der Waals surface area (Å²) >= 11 is 0. The number of carbonyl (C=O) groups is 1. The molecule has 0 atom stereocenters. The van der Waals surface area contributed by atoms with E-state index < -0.39 is 0 Å². The van der Waals surface area contributed by atoms with Gasteiger partial charge in [-0.25, -0.2) is 9.67 Å². The molecule has 108 valence electrons. The van der Waals surface area contributed by atoms with Crippen molar-refractivity contribution in [2.24, 2.45) is 0 Å². The van der Waals surface area contributed by atoms with Crippen molar-refractivity contribution in [2.45, 2.75) is 27.3 Å². The van der Waals surface area contributed by atoms with Crippen LogP contribution in [0.4, 0.5) is 0 Å². The molecule has 2 heterocycles. The summed E-state index contributed by atoms with van der Waals surface area (Å²) in [4.78, 5) is 16.8. The van der Waals surface area contributed by atoms with Crippen LogP contribution < -0.4 is 5.32 Å². The van der Waals surface area contributed by atoms with Gasteiger partial charge < -0.3 is 10.1 Å². The largest absolute Gasteiger partial charge is 0.383 e. The minimum Gasteiger partial charge on any atom is -0.383 e. The minimum absolute atomic E-state index is 0.115. The predicted molar refractivity (Wildman–Crippen MR) is 76.9 cm³/mol. The summed E-state index contributed by atoms with van der Waals surface area (Å²) in [5.41, 5.74) is 3.03. The third-order valence-electron chi connectivity index (χ3n) is 3.14. The quantitative estimate of drug-likeness (QED) is 0.839. The van der Waals surface area contributed by atoms with Crippen LogP contribution in [0.5, 0.6) is 0 Å².